The van der Waals surface area contributed by atoms with Gasteiger partial charge in [-0.2, -0.15) is 4.98 Å². The summed E-state index contributed by atoms with van der Waals surface area (Å²) >= 11 is 12.0. The molecule has 1 aromatic carbocycles. The average molecular weight is 351 g/mol. The third kappa shape index (κ3) is 4.06. The second-order valence-electron chi connectivity index (χ2n) is 6.11. The normalized spacial score (nSPS) is 15.7. The summed E-state index contributed by atoms with van der Waals surface area (Å²) in [7, 11) is 0. The van der Waals surface area contributed by atoms with Crippen LogP contribution in [0.4, 0.5) is 17.5 Å². The number of halogens is 2. The Morgan fingerprint density at radius 2 is 1.83 bits per heavy atom. The molecule has 0 bridgehead atoms. The molecular weight excluding hydrogens is 331 g/mol. The van der Waals surface area contributed by atoms with E-state index in [0.717, 1.165) is 36.2 Å². The summed E-state index contributed by atoms with van der Waals surface area (Å²) in [5, 5.41) is 4.25. The minimum absolute atomic E-state index is 0.509. The zero-order valence-corrected chi connectivity index (χ0v) is 14.8. The van der Waals surface area contributed by atoms with Gasteiger partial charge in [0.25, 0.3) is 0 Å². The number of rotatable bonds is 3. The fourth-order valence-corrected chi connectivity index (χ4v) is 3.01. The number of aryl methyl sites for hydroxylation is 1. The van der Waals surface area contributed by atoms with Gasteiger partial charge in [-0.1, -0.05) is 30.1 Å². The predicted octanol–water partition coefficient (Wildman–Crippen LogP) is 5.07. The molecule has 122 valence electrons. The number of piperidine rings is 1. The van der Waals surface area contributed by atoms with Gasteiger partial charge in [0.2, 0.25) is 5.95 Å². The Kier molecular flexibility index (Phi) is 4.93. The first-order valence-corrected chi connectivity index (χ1v) is 8.59. The Labute approximate surface area is 146 Å². The van der Waals surface area contributed by atoms with E-state index < -0.39 is 0 Å². The lowest BCUT2D eigenvalue weighted by atomic mass is 9.99. The van der Waals surface area contributed by atoms with Crippen molar-refractivity contribution in [3.05, 3.63) is 40.0 Å². The van der Waals surface area contributed by atoms with Crippen molar-refractivity contribution in [2.75, 3.05) is 23.3 Å². The van der Waals surface area contributed by atoms with Crippen LogP contribution in [-0.4, -0.2) is 23.1 Å². The first-order valence-electron chi connectivity index (χ1n) is 7.84. The highest BCUT2D eigenvalue weighted by Crippen LogP contribution is 2.27. The summed E-state index contributed by atoms with van der Waals surface area (Å²) in [4.78, 5) is 11.5. The molecule has 3 rings (SSSR count). The van der Waals surface area contributed by atoms with Crippen LogP contribution in [0.2, 0.25) is 10.0 Å². The smallest absolute Gasteiger partial charge is 0.229 e. The van der Waals surface area contributed by atoms with E-state index in [0.29, 0.717) is 16.0 Å². The average Bonchev–Trinajstić information content (AvgIpc) is 2.51. The van der Waals surface area contributed by atoms with Crippen LogP contribution in [0.15, 0.2) is 24.3 Å². The molecule has 1 aliphatic heterocycles. The SMILES string of the molecule is Cc1cc(N2CCC(C)CC2)nc(Nc2ccc(Cl)c(Cl)c2)n1. The van der Waals surface area contributed by atoms with Crippen molar-refractivity contribution >= 4 is 40.7 Å². The van der Waals surface area contributed by atoms with Crippen molar-refractivity contribution in [3.63, 3.8) is 0 Å². The van der Waals surface area contributed by atoms with E-state index in [1.807, 2.05) is 19.1 Å². The lowest BCUT2D eigenvalue weighted by Gasteiger charge is -2.31. The lowest BCUT2D eigenvalue weighted by Crippen LogP contribution is -2.33. The number of hydrogen-bond donors (Lipinski definition) is 1. The Bertz CT molecular complexity index is 697. The second kappa shape index (κ2) is 6.93. The molecular formula is C17H20Cl2N4. The molecule has 1 fully saturated rings. The van der Waals surface area contributed by atoms with Gasteiger partial charge in [-0.3, -0.25) is 0 Å². The summed E-state index contributed by atoms with van der Waals surface area (Å²) in [6, 6.07) is 7.44. The van der Waals surface area contributed by atoms with E-state index in [1.54, 1.807) is 12.1 Å². The van der Waals surface area contributed by atoms with Crippen LogP contribution in [0.3, 0.4) is 0 Å². The van der Waals surface area contributed by atoms with E-state index in [4.69, 9.17) is 23.2 Å². The summed E-state index contributed by atoms with van der Waals surface area (Å²) in [6.45, 7) is 6.38. The van der Waals surface area contributed by atoms with Crippen molar-refractivity contribution in [1.82, 2.24) is 9.97 Å². The topological polar surface area (TPSA) is 41.1 Å². The largest absolute Gasteiger partial charge is 0.356 e. The van der Waals surface area contributed by atoms with Gasteiger partial charge in [-0.15, -0.1) is 0 Å². The van der Waals surface area contributed by atoms with Gasteiger partial charge < -0.3 is 10.2 Å². The van der Waals surface area contributed by atoms with Gasteiger partial charge in [-0.25, -0.2) is 4.98 Å². The first kappa shape index (κ1) is 16.3. The van der Waals surface area contributed by atoms with Crippen LogP contribution in [0.5, 0.6) is 0 Å². The highest BCUT2D eigenvalue weighted by atomic mass is 35.5. The molecule has 0 radical (unpaired) electrons. The Morgan fingerprint density at radius 3 is 2.52 bits per heavy atom. The first-order chi connectivity index (χ1) is 11.0. The third-order valence-electron chi connectivity index (χ3n) is 4.12. The zero-order valence-electron chi connectivity index (χ0n) is 13.3. The highest BCUT2D eigenvalue weighted by Gasteiger charge is 2.18. The van der Waals surface area contributed by atoms with Gasteiger partial charge in [0.1, 0.15) is 5.82 Å². The molecule has 1 aliphatic rings. The molecule has 4 nitrogen and oxygen atoms in total. The number of aromatic nitrogens is 2. The van der Waals surface area contributed by atoms with Crippen molar-refractivity contribution in [2.24, 2.45) is 5.92 Å². The maximum absolute atomic E-state index is 6.06. The van der Waals surface area contributed by atoms with Crippen LogP contribution < -0.4 is 10.2 Å². The molecule has 0 spiro atoms. The summed E-state index contributed by atoms with van der Waals surface area (Å²) < 4.78 is 0. The lowest BCUT2D eigenvalue weighted by molar-refractivity contribution is 0.436. The molecule has 2 heterocycles. The van der Waals surface area contributed by atoms with E-state index in [1.165, 1.54) is 12.8 Å². The summed E-state index contributed by atoms with van der Waals surface area (Å²) in [5.41, 5.74) is 1.76. The van der Waals surface area contributed by atoms with Gasteiger partial charge in [0, 0.05) is 30.5 Å². The summed E-state index contributed by atoms with van der Waals surface area (Å²) in [5.74, 6) is 2.35. The number of benzene rings is 1. The van der Waals surface area contributed by atoms with Crippen LogP contribution in [0.25, 0.3) is 0 Å². The Balaban J connectivity index is 1.81. The van der Waals surface area contributed by atoms with Crippen LogP contribution in [0, 0.1) is 12.8 Å². The molecule has 0 saturated carbocycles. The molecule has 0 amide bonds. The van der Waals surface area contributed by atoms with E-state index in [2.05, 4.69) is 27.1 Å². The quantitative estimate of drug-likeness (QED) is 0.838. The van der Waals surface area contributed by atoms with Crippen LogP contribution in [-0.2, 0) is 0 Å². The molecule has 1 N–H and O–H groups in total. The van der Waals surface area contributed by atoms with Crippen LogP contribution in [0.1, 0.15) is 25.5 Å². The molecule has 1 saturated heterocycles. The predicted molar refractivity (Wildman–Crippen MR) is 97.1 cm³/mol. The van der Waals surface area contributed by atoms with Crippen molar-refractivity contribution < 1.29 is 0 Å². The molecule has 6 heteroatoms. The zero-order chi connectivity index (χ0) is 16.4. The number of anilines is 3. The highest BCUT2D eigenvalue weighted by molar-refractivity contribution is 6.42. The van der Waals surface area contributed by atoms with E-state index >= 15 is 0 Å². The fraction of sp³-hybridized carbons (Fsp3) is 0.412. The molecule has 2 aromatic rings. The molecule has 1 aromatic heterocycles. The van der Waals surface area contributed by atoms with Crippen molar-refractivity contribution in [3.8, 4) is 0 Å². The number of nitrogens with zero attached hydrogens (tertiary/aromatic N) is 3. The third-order valence-corrected chi connectivity index (χ3v) is 4.86. The number of nitrogens with one attached hydrogen (secondary N) is 1. The van der Waals surface area contributed by atoms with Crippen LogP contribution >= 0.6 is 23.2 Å². The molecule has 0 atom stereocenters. The number of hydrogen-bond acceptors (Lipinski definition) is 4. The molecule has 23 heavy (non-hydrogen) atoms. The Morgan fingerprint density at radius 1 is 1.09 bits per heavy atom. The Hall–Kier alpha value is -1.52. The maximum Gasteiger partial charge on any atom is 0.229 e. The van der Waals surface area contributed by atoms with Gasteiger partial charge in [-0.05, 0) is 43.9 Å². The maximum atomic E-state index is 6.06. The molecule has 0 unspecified atom stereocenters. The standard InChI is InChI=1S/C17H20Cl2N4/c1-11-5-7-23(8-6-11)16-9-12(2)20-17(22-16)21-13-3-4-14(18)15(19)10-13/h3-4,9-11H,5-8H2,1-2H3,(H,20,21,22). The monoisotopic (exact) mass is 350 g/mol. The van der Waals surface area contributed by atoms with Gasteiger partial charge in [0.05, 0.1) is 10.0 Å². The van der Waals surface area contributed by atoms with E-state index in [9.17, 15) is 0 Å². The van der Waals surface area contributed by atoms with Gasteiger partial charge >= 0.3 is 0 Å². The van der Waals surface area contributed by atoms with Gasteiger partial charge in [0.15, 0.2) is 0 Å². The minimum atomic E-state index is 0.509. The van der Waals surface area contributed by atoms with Crippen molar-refractivity contribution in [2.45, 2.75) is 26.7 Å². The summed E-state index contributed by atoms with van der Waals surface area (Å²) in [6.07, 6.45) is 2.41. The fourth-order valence-electron chi connectivity index (χ4n) is 2.71. The van der Waals surface area contributed by atoms with E-state index in [-0.39, 0.29) is 0 Å². The second-order valence-corrected chi connectivity index (χ2v) is 6.93. The minimum Gasteiger partial charge on any atom is -0.356 e. The van der Waals surface area contributed by atoms with Crippen molar-refractivity contribution in [1.29, 1.82) is 0 Å². The molecule has 0 aliphatic carbocycles.